The maximum atomic E-state index is 12.2. The molecule has 100 valence electrons. The first-order valence-corrected chi connectivity index (χ1v) is 6.65. The largest absolute Gasteiger partial charge is 0.338 e. The van der Waals surface area contributed by atoms with Gasteiger partial charge in [0, 0.05) is 13.1 Å². The van der Waals surface area contributed by atoms with Gasteiger partial charge in [-0.25, -0.2) is 0 Å². The second-order valence-electron chi connectivity index (χ2n) is 6.36. The monoisotopic (exact) mass is 248 g/mol. The van der Waals surface area contributed by atoms with Crippen LogP contribution in [0.4, 0.5) is 0 Å². The molecule has 1 amide bonds. The fraction of sp³-hybridized carbons (Fsp3) is 0.733. The number of rotatable bonds is 2. The number of hydrogen-bond acceptors (Lipinski definition) is 2. The van der Waals surface area contributed by atoms with Gasteiger partial charge in [-0.1, -0.05) is 46.3 Å². The highest BCUT2D eigenvalue weighted by Crippen LogP contribution is 2.30. The molecule has 0 aromatic rings. The van der Waals surface area contributed by atoms with Crippen LogP contribution < -0.4 is 0 Å². The van der Waals surface area contributed by atoms with E-state index in [1.165, 1.54) is 5.57 Å². The third-order valence-corrected chi connectivity index (χ3v) is 3.56. The molecule has 0 radical (unpaired) electrons. The van der Waals surface area contributed by atoms with Crippen LogP contribution in [0.1, 0.15) is 41.0 Å². The highest BCUT2D eigenvalue weighted by Gasteiger charge is 2.29. The van der Waals surface area contributed by atoms with Crippen molar-refractivity contribution in [2.24, 2.45) is 17.3 Å². The van der Waals surface area contributed by atoms with Crippen molar-refractivity contribution >= 4 is 5.91 Å². The van der Waals surface area contributed by atoms with E-state index in [0.717, 1.165) is 13.0 Å². The van der Waals surface area contributed by atoms with E-state index in [4.69, 9.17) is 5.26 Å². The molecule has 0 aromatic heterocycles. The van der Waals surface area contributed by atoms with Gasteiger partial charge in [-0.3, -0.25) is 4.79 Å². The van der Waals surface area contributed by atoms with E-state index < -0.39 is 5.92 Å². The zero-order chi connectivity index (χ0) is 13.9. The van der Waals surface area contributed by atoms with Crippen LogP contribution in [-0.2, 0) is 4.79 Å². The lowest BCUT2D eigenvalue weighted by atomic mass is 9.82. The molecule has 1 unspecified atom stereocenters. The van der Waals surface area contributed by atoms with Gasteiger partial charge in [0.25, 0.3) is 0 Å². The molecular formula is C15H24N2O. The van der Waals surface area contributed by atoms with Crippen LogP contribution in [0.15, 0.2) is 11.6 Å². The van der Waals surface area contributed by atoms with Gasteiger partial charge in [0.2, 0.25) is 5.91 Å². The van der Waals surface area contributed by atoms with E-state index in [-0.39, 0.29) is 17.2 Å². The average molecular weight is 248 g/mol. The Morgan fingerprint density at radius 1 is 1.44 bits per heavy atom. The van der Waals surface area contributed by atoms with Crippen LogP contribution in [-0.4, -0.2) is 23.9 Å². The molecule has 3 heteroatoms. The van der Waals surface area contributed by atoms with E-state index in [1.807, 2.05) is 18.7 Å². The minimum Gasteiger partial charge on any atom is -0.338 e. The van der Waals surface area contributed by atoms with Gasteiger partial charge in [-0.15, -0.1) is 0 Å². The van der Waals surface area contributed by atoms with Crippen LogP contribution in [0.3, 0.4) is 0 Å². The van der Waals surface area contributed by atoms with Crippen molar-refractivity contribution in [2.75, 3.05) is 13.1 Å². The van der Waals surface area contributed by atoms with Gasteiger partial charge in [-0.2, -0.15) is 5.26 Å². The summed E-state index contributed by atoms with van der Waals surface area (Å²) in [5, 5.41) is 9.07. The maximum absolute atomic E-state index is 12.2. The smallest absolute Gasteiger partial charge is 0.240 e. The number of nitriles is 1. The molecule has 18 heavy (non-hydrogen) atoms. The molecule has 1 aliphatic rings. The second-order valence-corrected chi connectivity index (χ2v) is 6.36. The van der Waals surface area contributed by atoms with Gasteiger partial charge >= 0.3 is 0 Å². The Hall–Kier alpha value is -1.30. The molecule has 1 heterocycles. The summed E-state index contributed by atoms with van der Waals surface area (Å²) < 4.78 is 0. The zero-order valence-electron chi connectivity index (χ0n) is 12.2. The highest BCUT2D eigenvalue weighted by molar-refractivity contribution is 5.81. The van der Waals surface area contributed by atoms with E-state index in [1.54, 1.807) is 0 Å². The summed E-state index contributed by atoms with van der Waals surface area (Å²) in [5.74, 6) is -0.443. The second kappa shape index (κ2) is 5.56. The Bertz CT molecular complexity index is 382. The molecule has 0 aromatic carbocycles. The quantitative estimate of drug-likeness (QED) is 0.705. The number of nitrogens with zero attached hydrogens (tertiary/aromatic N) is 2. The van der Waals surface area contributed by atoms with Crippen molar-refractivity contribution in [1.82, 2.24) is 4.90 Å². The molecule has 0 fully saturated rings. The fourth-order valence-corrected chi connectivity index (χ4v) is 2.24. The van der Waals surface area contributed by atoms with Gasteiger partial charge in [0.1, 0.15) is 5.92 Å². The lowest BCUT2D eigenvalue weighted by molar-refractivity contribution is -0.134. The number of hydrogen-bond donors (Lipinski definition) is 0. The van der Waals surface area contributed by atoms with E-state index in [9.17, 15) is 4.79 Å². The number of amides is 1. The number of carbonyl (C=O) groups excluding carboxylic acids is 1. The highest BCUT2D eigenvalue weighted by atomic mass is 16.2. The van der Waals surface area contributed by atoms with Crippen molar-refractivity contribution in [2.45, 2.75) is 41.0 Å². The molecule has 1 rings (SSSR count). The molecule has 0 aliphatic carbocycles. The first-order chi connectivity index (χ1) is 8.27. The zero-order valence-corrected chi connectivity index (χ0v) is 12.2. The summed E-state index contributed by atoms with van der Waals surface area (Å²) in [5.41, 5.74) is 1.59. The molecule has 0 bridgehead atoms. The third-order valence-electron chi connectivity index (χ3n) is 3.56. The van der Waals surface area contributed by atoms with Gasteiger partial charge in [0.15, 0.2) is 0 Å². The summed E-state index contributed by atoms with van der Waals surface area (Å²) >= 11 is 0. The van der Waals surface area contributed by atoms with Gasteiger partial charge < -0.3 is 4.90 Å². The van der Waals surface area contributed by atoms with E-state index in [2.05, 4.69) is 32.9 Å². The molecule has 0 saturated carbocycles. The van der Waals surface area contributed by atoms with Crippen molar-refractivity contribution in [3.63, 3.8) is 0 Å². The van der Waals surface area contributed by atoms with Crippen molar-refractivity contribution < 1.29 is 4.79 Å². The van der Waals surface area contributed by atoms with Crippen molar-refractivity contribution in [3.8, 4) is 6.07 Å². The van der Waals surface area contributed by atoms with Crippen molar-refractivity contribution in [3.05, 3.63) is 11.6 Å². The summed E-state index contributed by atoms with van der Waals surface area (Å²) in [6.07, 6.45) is 3.07. The van der Waals surface area contributed by atoms with Gasteiger partial charge in [0.05, 0.1) is 6.07 Å². The van der Waals surface area contributed by atoms with Crippen molar-refractivity contribution in [1.29, 1.82) is 5.26 Å². The molecule has 0 saturated heterocycles. The first-order valence-electron chi connectivity index (χ1n) is 6.65. The standard InChI is InChI=1S/C15H24N2O/c1-11(2)13(10-16)14(18)17-8-6-12(7-9-17)15(3,4)5/h6,11,13H,7-9H2,1-5H3. The average Bonchev–Trinajstić information content (AvgIpc) is 2.28. The van der Waals surface area contributed by atoms with Crippen LogP contribution in [0.25, 0.3) is 0 Å². The normalized spacial score (nSPS) is 18.3. The Kier molecular flexibility index (Phi) is 4.56. The number of carbonyl (C=O) groups is 1. The predicted octanol–water partition coefficient (Wildman–Crippen LogP) is 2.99. The maximum Gasteiger partial charge on any atom is 0.240 e. The molecule has 1 aliphatic heterocycles. The fourth-order valence-electron chi connectivity index (χ4n) is 2.24. The third kappa shape index (κ3) is 3.35. The lowest BCUT2D eigenvalue weighted by Gasteiger charge is -2.33. The molecular weight excluding hydrogens is 224 g/mol. The SMILES string of the molecule is CC(C)C(C#N)C(=O)N1CC=C(C(C)(C)C)CC1. The minimum absolute atomic E-state index is 0.0169. The van der Waals surface area contributed by atoms with E-state index >= 15 is 0 Å². The van der Waals surface area contributed by atoms with Crippen LogP contribution >= 0.6 is 0 Å². The summed E-state index contributed by atoms with van der Waals surface area (Å²) in [6.45, 7) is 11.8. The predicted molar refractivity (Wildman–Crippen MR) is 72.7 cm³/mol. The Morgan fingerprint density at radius 2 is 2.06 bits per heavy atom. The van der Waals surface area contributed by atoms with Crippen LogP contribution in [0.5, 0.6) is 0 Å². The summed E-state index contributed by atoms with van der Waals surface area (Å²) in [7, 11) is 0. The molecule has 3 nitrogen and oxygen atoms in total. The molecule has 0 N–H and O–H groups in total. The Morgan fingerprint density at radius 3 is 2.39 bits per heavy atom. The van der Waals surface area contributed by atoms with Crippen LogP contribution in [0, 0.1) is 28.6 Å². The summed E-state index contributed by atoms with van der Waals surface area (Å²) in [4.78, 5) is 14.0. The minimum atomic E-state index is -0.505. The van der Waals surface area contributed by atoms with E-state index in [0.29, 0.717) is 6.54 Å². The summed E-state index contributed by atoms with van der Waals surface area (Å²) in [6, 6.07) is 2.13. The molecule has 1 atom stereocenters. The van der Waals surface area contributed by atoms with Crippen LogP contribution in [0.2, 0.25) is 0 Å². The lowest BCUT2D eigenvalue weighted by Crippen LogP contribution is -2.41. The topological polar surface area (TPSA) is 44.1 Å². The Balaban J connectivity index is 2.72. The Labute approximate surface area is 110 Å². The van der Waals surface area contributed by atoms with Gasteiger partial charge in [-0.05, 0) is 17.8 Å². The first kappa shape index (κ1) is 14.8. The molecule has 0 spiro atoms.